The van der Waals surface area contributed by atoms with Crippen molar-refractivity contribution in [3.63, 3.8) is 0 Å². The molecule has 0 radical (unpaired) electrons. The third kappa shape index (κ3) is 5.93. The molecule has 1 saturated carbocycles. The van der Waals surface area contributed by atoms with Crippen molar-refractivity contribution >= 4 is 23.7 Å². The van der Waals surface area contributed by atoms with Gasteiger partial charge in [-0.3, -0.25) is 19.2 Å². The molecule has 2 aliphatic heterocycles. The molecule has 3 rings (SSSR count). The van der Waals surface area contributed by atoms with Crippen LogP contribution in [0, 0.1) is 23.7 Å². The monoisotopic (exact) mass is 522 g/mol. The number of esters is 3. The Balaban J connectivity index is 2.20. The van der Waals surface area contributed by atoms with Gasteiger partial charge in [0.2, 0.25) is 0 Å². The SMILES string of the molecule is C=C1C[C@@H]2O[C@H](C3C2[C@](O)(CC(C)=O)[C@@H](OC(C)=O)C[C@@H]3C(C)C)[C@](C)(OC(C)=O)CC[C@@H]1OC(C)=O. The number of Topliss-reactive ketones (excluding diaryl/α,β-unsaturated/α-hetero) is 1. The molecule has 9 atom stereocenters. The van der Waals surface area contributed by atoms with Crippen LogP contribution in [0.4, 0.5) is 0 Å². The zero-order valence-corrected chi connectivity index (χ0v) is 23.1. The molecule has 0 amide bonds. The van der Waals surface area contributed by atoms with Gasteiger partial charge in [-0.2, -0.15) is 0 Å². The molecule has 0 spiro atoms. The van der Waals surface area contributed by atoms with Gasteiger partial charge in [-0.25, -0.2) is 0 Å². The van der Waals surface area contributed by atoms with Gasteiger partial charge in [0.25, 0.3) is 0 Å². The second-order valence-electron chi connectivity index (χ2n) is 11.7. The van der Waals surface area contributed by atoms with Crippen LogP contribution < -0.4 is 0 Å². The van der Waals surface area contributed by atoms with Crippen LogP contribution in [0.15, 0.2) is 12.2 Å². The van der Waals surface area contributed by atoms with Gasteiger partial charge < -0.3 is 24.1 Å². The minimum atomic E-state index is -1.69. The second kappa shape index (κ2) is 10.8. The third-order valence-electron chi connectivity index (χ3n) is 8.41. The zero-order valence-electron chi connectivity index (χ0n) is 23.1. The molecule has 37 heavy (non-hydrogen) atoms. The van der Waals surface area contributed by atoms with Gasteiger partial charge in [-0.1, -0.05) is 20.4 Å². The summed E-state index contributed by atoms with van der Waals surface area (Å²) < 4.78 is 23.9. The van der Waals surface area contributed by atoms with Crippen LogP contribution in [0.3, 0.4) is 0 Å². The van der Waals surface area contributed by atoms with Crippen molar-refractivity contribution < 1.29 is 43.2 Å². The van der Waals surface area contributed by atoms with Gasteiger partial charge in [0.05, 0.1) is 6.10 Å². The number of ether oxygens (including phenoxy) is 4. The van der Waals surface area contributed by atoms with Gasteiger partial charge in [0.1, 0.15) is 35.3 Å². The maximum absolute atomic E-state index is 12.5. The van der Waals surface area contributed by atoms with Crippen LogP contribution >= 0.6 is 0 Å². The van der Waals surface area contributed by atoms with E-state index >= 15 is 0 Å². The number of hydrogen-bond donors (Lipinski definition) is 1. The lowest BCUT2D eigenvalue weighted by Gasteiger charge is -2.53. The summed E-state index contributed by atoms with van der Waals surface area (Å²) in [4.78, 5) is 48.7. The molecule has 9 heteroatoms. The maximum Gasteiger partial charge on any atom is 0.303 e. The molecule has 2 heterocycles. The molecule has 1 N–H and O–H groups in total. The van der Waals surface area contributed by atoms with Crippen LogP contribution in [0.25, 0.3) is 0 Å². The first-order valence-electron chi connectivity index (χ1n) is 13.2. The van der Waals surface area contributed by atoms with Gasteiger partial charge in [-0.05, 0) is 56.9 Å². The number of rotatable bonds is 6. The highest BCUT2D eigenvalue weighted by Crippen LogP contribution is 2.58. The highest BCUT2D eigenvalue weighted by atomic mass is 16.6. The summed E-state index contributed by atoms with van der Waals surface area (Å²) in [6.45, 7) is 15.5. The Labute approximate surface area is 219 Å². The summed E-state index contributed by atoms with van der Waals surface area (Å²) in [7, 11) is 0. The number of fused-ring (bicyclic) bond motifs is 5. The zero-order chi connectivity index (χ0) is 27.9. The Morgan fingerprint density at radius 1 is 1.08 bits per heavy atom. The molecule has 3 aliphatic rings. The first-order chi connectivity index (χ1) is 17.1. The van der Waals surface area contributed by atoms with Gasteiger partial charge >= 0.3 is 17.9 Å². The van der Waals surface area contributed by atoms with E-state index in [1.165, 1.54) is 27.7 Å². The Kier molecular flexibility index (Phi) is 8.59. The summed E-state index contributed by atoms with van der Waals surface area (Å²) in [6.07, 6.45) is -1.62. The van der Waals surface area contributed by atoms with Crippen molar-refractivity contribution in [3.05, 3.63) is 12.2 Å². The molecule has 2 bridgehead atoms. The van der Waals surface area contributed by atoms with E-state index in [0.717, 1.165) is 0 Å². The lowest BCUT2D eigenvalue weighted by Crippen LogP contribution is -2.63. The van der Waals surface area contributed by atoms with E-state index in [0.29, 0.717) is 24.8 Å². The third-order valence-corrected chi connectivity index (χ3v) is 8.41. The van der Waals surface area contributed by atoms with Crippen molar-refractivity contribution in [1.29, 1.82) is 0 Å². The lowest BCUT2D eigenvalue weighted by molar-refractivity contribution is -0.206. The minimum absolute atomic E-state index is 0.0524. The molecule has 0 aromatic heterocycles. The summed E-state index contributed by atoms with van der Waals surface area (Å²) in [5.74, 6) is -2.54. The largest absolute Gasteiger partial charge is 0.459 e. The Bertz CT molecular complexity index is 942. The van der Waals surface area contributed by atoms with Crippen LogP contribution in [0.5, 0.6) is 0 Å². The summed E-state index contributed by atoms with van der Waals surface area (Å²) in [5, 5.41) is 12.3. The van der Waals surface area contributed by atoms with Crippen molar-refractivity contribution in [2.75, 3.05) is 0 Å². The van der Waals surface area contributed by atoms with Gasteiger partial charge in [0, 0.05) is 39.0 Å². The normalized spacial score (nSPS) is 39.6. The summed E-state index contributed by atoms with van der Waals surface area (Å²) in [5.41, 5.74) is -2.17. The number of carbonyl (C=O) groups excluding carboxylic acids is 4. The fourth-order valence-electron chi connectivity index (χ4n) is 7.13. The predicted molar refractivity (Wildman–Crippen MR) is 133 cm³/mol. The molecule has 3 fully saturated rings. The number of hydrogen-bond acceptors (Lipinski definition) is 9. The van der Waals surface area contributed by atoms with Gasteiger partial charge in [-0.15, -0.1) is 0 Å². The molecule has 1 aliphatic carbocycles. The molecular formula is C28H42O9. The fraction of sp³-hybridized carbons (Fsp3) is 0.786. The van der Waals surface area contributed by atoms with Crippen LogP contribution in [0.1, 0.15) is 80.6 Å². The molecule has 208 valence electrons. The van der Waals surface area contributed by atoms with E-state index in [-0.39, 0.29) is 36.4 Å². The molecule has 0 aromatic carbocycles. The topological polar surface area (TPSA) is 125 Å². The first-order valence-corrected chi connectivity index (χ1v) is 13.2. The maximum atomic E-state index is 12.5. The highest BCUT2D eigenvalue weighted by Gasteiger charge is 2.67. The van der Waals surface area contributed by atoms with E-state index in [9.17, 15) is 24.3 Å². The van der Waals surface area contributed by atoms with E-state index in [4.69, 9.17) is 18.9 Å². The first kappa shape index (κ1) is 29.3. The van der Waals surface area contributed by atoms with Crippen molar-refractivity contribution in [3.8, 4) is 0 Å². The molecule has 2 unspecified atom stereocenters. The Morgan fingerprint density at radius 2 is 1.70 bits per heavy atom. The van der Waals surface area contributed by atoms with E-state index in [2.05, 4.69) is 20.4 Å². The van der Waals surface area contributed by atoms with E-state index < -0.39 is 59.4 Å². The lowest BCUT2D eigenvalue weighted by atomic mass is 9.55. The predicted octanol–water partition coefficient (Wildman–Crippen LogP) is 3.30. The van der Waals surface area contributed by atoms with Crippen LogP contribution in [-0.2, 0) is 38.1 Å². The highest BCUT2D eigenvalue weighted by molar-refractivity contribution is 5.77. The molecular weight excluding hydrogens is 480 g/mol. The van der Waals surface area contributed by atoms with E-state index in [1.807, 2.05) is 6.92 Å². The summed E-state index contributed by atoms with van der Waals surface area (Å²) >= 11 is 0. The standard InChI is InChI=1S/C28H42O9/c1-14(2)20-12-23(35-18(6)31)28(33,13-16(4)29)25-22-11-15(3)21(34-17(5)30)9-10-27(8,37-19(7)32)26(36-22)24(20)25/h14,20-26,33H,3,9-13H2,1-2,4-8H3/t20-,21+,22+,23+,24?,25?,26-,27-,28+/m1/s1. The second-order valence-corrected chi connectivity index (χ2v) is 11.7. The Hall–Kier alpha value is -2.26. The summed E-state index contributed by atoms with van der Waals surface area (Å²) in [6, 6.07) is 0. The fourth-order valence-corrected chi connectivity index (χ4v) is 7.13. The molecule has 0 aromatic rings. The van der Waals surface area contributed by atoms with Crippen molar-refractivity contribution in [2.24, 2.45) is 23.7 Å². The van der Waals surface area contributed by atoms with E-state index in [1.54, 1.807) is 0 Å². The number of ketones is 1. The average Bonchev–Trinajstić information content (AvgIpc) is 3.13. The molecule has 2 saturated heterocycles. The Morgan fingerprint density at radius 3 is 2.22 bits per heavy atom. The smallest absolute Gasteiger partial charge is 0.303 e. The van der Waals surface area contributed by atoms with Crippen molar-refractivity contribution in [2.45, 2.75) is 116 Å². The average molecular weight is 523 g/mol. The van der Waals surface area contributed by atoms with Gasteiger partial charge in [0.15, 0.2) is 0 Å². The number of carbonyl (C=O) groups is 4. The quantitative estimate of drug-likeness (QED) is 0.318. The minimum Gasteiger partial charge on any atom is -0.459 e. The molecule has 9 nitrogen and oxygen atoms in total. The van der Waals surface area contributed by atoms with Crippen LogP contribution in [-0.4, -0.2) is 64.4 Å². The number of aliphatic hydroxyl groups is 1. The van der Waals surface area contributed by atoms with Crippen LogP contribution in [0.2, 0.25) is 0 Å². The van der Waals surface area contributed by atoms with Crippen molar-refractivity contribution in [1.82, 2.24) is 0 Å².